The van der Waals surface area contributed by atoms with Crippen molar-refractivity contribution in [1.29, 1.82) is 0 Å². The topological polar surface area (TPSA) is 88.8 Å². The van der Waals surface area contributed by atoms with Crippen LogP contribution in [0.5, 0.6) is 0 Å². The van der Waals surface area contributed by atoms with E-state index in [1.54, 1.807) is 50.2 Å². The molecule has 3 heterocycles. The van der Waals surface area contributed by atoms with Gasteiger partial charge < -0.3 is 15.0 Å². The zero-order valence-electron chi connectivity index (χ0n) is 19.7. The third-order valence-corrected chi connectivity index (χ3v) is 5.83. The first-order chi connectivity index (χ1) is 16.2. The van der Waals surface area contributed by atoms with Crippen molar-refractivity contribution in [3.63, 3.8) is 0 Å². The Kier molecular flexibility index (Phi) is 6.81. The van der Waals surface area contributed by atoms with Gasteiger partial charge in [0, 0.05) is 49.7 Å². The van der Waals surface area contributed by atoms with Crippen LogP contribution < -0.4 is 5.32 Å². The van der Waals surface area contributed by atoms with Crippen LogP contribution in [0.15, 0.2) is 48.9 Å². The van der Waals surface area contributed by atoms with Crippen LogP contribution in [0.3, 0.4) is 0 Å². The second-order valence-corrected chi connectivity index (χ2v) is 9.62. The summed E-state index contributed by atoms with van der Waals surface area (Å²) in [4.78, 5) is 36.5. The molecule has 34 heavy (non-hydrogen) atoms. The maximum atomic E-state index is 13.6. The number of nitrogens with one attached hydrogen (secondary N) is 1. The first kappa shape index (κ1) is 23.7. The molecule has 0 radical (unpaired) electrons. The molecule has 0 saturated carbocycles. The number of alkyl carbamates (subject to hydrolysis) is 1. The van der Waals surface area contributed by atoms with Crippen molar-refractivity contribution in [3.8, 4) is 0 Å². The number of rotatable bonds is 5. The van der Waals surface area contributed by atoms with Crippen molar-refractivity contribution in [3.05, 3.63) is 66.0 Å². The lowest BCUT2D eigenvalue weighted by Gasteiger charge is -2.35. The van der Waals surface area contributed by atoms with E-state index >= 15 is 0 Å². The van der Waals surface area contributed by atoms with Gasteiger partial charge in [-0.3, -0.25) is 9.20 Å². The van der Waals surface area contributed by atoms with Gasteiger partial charge in [0.25, 0.3) is 0 Å². The third kappa shape index (κ3) is 5.70. The SMILES string of the molecule is CC(C)(C)OC(=O)N[C@H](Cc1ccc(F)cc1)C(=O)N1CCC[C@H](c2ccnc3nccn23)C1. The van der Waals surface area contributed by atoms with Gasteiger partial charge in [-0.25, -0.2) is 19.2 Å². The van der Waals surface area contributed by atoms with E-state index in [9.17, 15) is 14.0 Å². The second kappa shape index (κ2) is 9.79. The van der Waals surface area contributed by atoms with Gasteiger partial charge in [-0.1, -0.05) is 12.1 Å². The summed E-state index contributed by atoms with van der Waals surface area (Å²) in [6.07, 6.45) is 6.67. The zero-order chi connectivity index (χ0) is 24.3. The van der Waals surface area contributed by atoms with Crippen molar-refractivity contribution in [2.45, 2.75) is 57.6 Å². The fraction of sp³-hybridized carbons (Fsp3) is 0.440. The number of halogens is 1. The lowest BCUT2D eigenvalue weighted by atomic mass is 9.93. The van der Waals surface area contributed by atoms with Gasteiger partial charge in [-0.15, -0.1) is 0 Å². The van der Waals surface area contributed by atoms with Crippen LogP contribution in [-0.4, -0.2) is 56.0 Å². The molecule has 1 N–H and O–H groups in total. The fourth-order valence-electron chi connectivity index (χ4n) is 4.33. The van der Waals surface area contributed by atoms with Crippen molar-refractivity contribution in [2.24, 2.45) is 0 Å². The van der Waals surface area contributed by atoms with Gasteiger partial charge in [0.2, 0.25) is 11.7 Å². The van der Waals surface area contributed by atoms with Crippen LogP contribution in [0.2, 0.25) is 0 Å². The molecular formula is C25H30FN5O3. The largest absolute Gasteiger partial charge is 0.444 e. The molecule has 2 atom stereocenters. The number of nitrogens with zero attached hydrogens (tertiary/aromatic N) is 4. The summed E-state index contributed by atoms with van der Waals surface area (Å²) in [5.41, 5.74) is 1.11. The van der Waals surface area contributed by atoms with Gasteiger partial charge in [-0.05, 0) is 57.4 Å². The van der Waals surface area contributed by atoms with Crippen LogP contribution in [0.25, 0.3) is 5.78 Å². The number of carbonyl (C=O) groups is 2. The Morgan fingerprint density at radius 3 is 2.65 bits per heavy atom. The first-order valence-corrected chi connectivity index (χ1v) is 11.5. The summed E-state index contributed by atoms with van der Waals surface area (Å²) in [7, 11) is 0. The monoisotopic (exact) mass is 467 g/mol. The molecule has 0 bridgehead atoms. The summed E-state index contributed by atoms with van der Waals surface area (Å²) in [6, 6.07) is 7.07. The predicted octanol–water partition coefficient (Wildman–Crippen LogP) is 3.71. The molecule has 1 aliphatic heterocycles. The Balaban J connectivity index is 1.53. The molecular weight excluding hydrogens is 437 g/mol. The van der Waals surface area contributed by atoms with Crippen LogP contribution in [-0.2, 0) is 16.0 Å². The lowest BCUT2D eigenvalue weighted by molar-refractivity contribution is -0.134. The number of ether oxygens (including phenoxy) is 1. The van der Waals surface area contributed by atoms with Crippen molar-refractivity contribution >= 4 is 17.8 Å². The average Bonchev–Trinajstić information content (AvgIpc) is 3.27. The number of fused-ring (bicyclic) bond motifs is 1. The highest BCUT2D eigenvalue weighted by molar-refractivity contribution is 5.86. The Morgan fingerprint density at radius 1 is 1.18 bits per heavy atom. The third-order valence-electron chi connectivity index (χ3n) is 5.83. The van der Waals surface area contributed by atoms with Crippen LogP contribution in [0.1, 0.15) is 50.8 Å². The van der Waals surface area contributed by atoms with Gasteiger partial charge in [0.15, 0.2) is 0 Å². The highest BCUT2D eigenvalue weighted by Crippen LogP contribution is 2.27. The molecule has 1 aromatic carbocycles. The molecule has 4 rings (SSSR count). The van der Waals surface area contributed by atoms with Crippen LogP contribution in [0.4, 0.5) is 9.18 Å². The average molecular weight is 468 g/mol. The standard InChI is InChI=1S/C25H30FN5O3/c1-25(2,3)34-24(33)29-20(15-17-6-8-19(26)9-7-17)22(32)30-13-4-5-18(16-30)21-10-11-27-23-28-12-14-31(21)23/h6-12,14,18,20H,4-5,13,15-16H2,1-3H3,(H,29,33)/t18-,20+/m0/s1. The van der Waals surface area contributed by atoms with E-state index in [1.165, 1.54) is 12.1 Å². The minimum Gasteiger partial charge on any atom is -0.444 e. The van der Waals surface area contributed by atoms with Gasteiger partial charge in [0.05, 0.1) is 0 Å². The lowest BCUT2D eigenvalue weighted by Crippen LogP contribution is -2.52. The number of carbonyl (C=O) groups excluding carboxylic acids is 2. The van der Waals surface area contributed by atoms with E-state index in [-0.39, 0.29) is 24.1 Å². The van der Waals surface area contributed by atoms with E-state index in [4.69, 9.17) is 4.74 Å². The molecule has 9 heteroatoms. The van der Waals surface area contributed by atoms with Gasteiger partial charge >= 0.3 is 6.09 Å². The molecule has 3 aromatic rings. The Bertz CT molecular complexity index is 1160. The van der Waals surface area contributed by atoms with Crippen LogP contribution in [0, 0.1) is 5.82 Å². The predicted molar refractivity (Wildman–Crippen MR) is 125 cm³/mol. The van der Waals surface area contributed by atoms with E-state index in [0.29, 0.717) is 18.9 Å². The molecule has 1 saturated heterocycles. The molecule has 1 aliphatic rings. The van der Waals surface area contributed by atoms with Gasteiger partial charge in [-0.2, -0.15) is 0 Å². The molecule has 1 fully saturated rings. The summed E-state index contributed by atoms with van der Waals surface area (Å²) in [5.74, 6) is 0.205. The highest BCUT2D eigenvalue weighted by Gasteiger charge is 2.32. The number of aromatic nitrogens is 3. The molecule has 8 nitrogen and oxygen atoms in total. The summed E-state index contributed by atoms with van der Waals surface area (Å²) >= 11 is 0. The Hall–Kier alpha value is -3.49. The van der Waals surface area contributed by atoms with Crippen LogP contribution >= 0.6 is 0 Å². The van der Waals surface area contributed by atoms with E-state index < -0.39 is 17.7 Å². The minimum atomic E-state index is -0.829. The maximum absolute atomic E-state index is 13.6. The van der Waals surface area contributed by atoms with E-state index in [1.807, 2.05) is 16.7 Å². The number of amides is 2. The number of benzene rings is 1. The van der Waals surface area contributed by atoms with E-state index in [2.05, 4.69) is 15.3 Å². The van der Waals surface area contributed by atoms with Crippen molar-refractivity contribution in [2.75, 3.05) is 13.1 Å². The van der Waals surface area contributed by atoms with E-state index in [0.717, 1.165) is 24.1 Å². The molecule has 0 aliphatic carbocycles. The summed E-state index contributed by atoms with van der Waals surface area (Å²) in [5, 5.41) is 2.74. The number of piperidine rings is 1. The smallest absolute Gasteiger partial charge is 0.408 e. The summed E-state index contributed by atoms with van der Waals surface area (Å²) in [6.45, 7) is 6.42. The molecule has 0 spiro atoms. The number of imidazole rings is 1. The number of likely N-dealkylation sites (tertiary alicyclic amines) is 1. The van der Waals surface area contributed by atoms with Gasteiger partial charge in [0.1, 0.15) is 17.5 Å². The molecule has 2 amide bonds. The number of hydrogen-bond acceptors (Lipinski definition) is 5. The fourth-order valence-corrected chi connectivity index (χ4v) is 4.33. The molecule has 180 valence electrons. The first-order valence-electron chi connectivity index (χ1n) is 11.5. The quantitative estimate of drug-likeness (QED) is 0.618. The highest BCUT2D eigenvalue weighted by atomic mass is 19.1. The zero-order valence-corrected chi connectivity index (χ0v) is 19.7. The van der Waals surface area contributed by atoms with Crippen molar-refractivity contribution in [1.82, 2.24) is 24.6 Å². The molecule has 0 unspecified atom stereocenters. The Morgan fingerprint density at radius 2 is 1.91 bits per heavy atom. The molecule has 2 aromatic heterocycles. The second-order valence-electron chi connectivity index (χ2n) is 9.62. The normalized spacial score (nSPS) is 17.4. The summed E-state index contributed by atoms with van der Waals surface area (Å²) < 4.78 is 20.7. The Labute approximate surface area is 198 Å². The minimum absolute atomic E-state index is 0.116. The van der Waals surface area contributed by atoms with Crippen molar-refractivity contribution < 1.29 is 18.7 Å². The number of hydrogen-bond donors (Lipinski definition) is 1. The maximum Gasteiger partial charge on any atom is 0.408 e.